The number of ether oxygens (including phenoxy) is 3. The van der Waals surface area contributed by atoms with E-state index in [2.05, 4.69) is 0 Å². The summed E-state index contributed by atoms with van der Waals surface area (Å²) in [6, 6.07) is 16.5. The van der Waals surface area contributed by atoms with Gasteiger partial charge in [-0.25, -0.2) is 8.42 Å². The predicted octanol–water partition coefficient (Wildman–Crippen LogP) is 5.81. The molecule has 0 radical (unpaired) electrons. The van der Waals surface area contributed by atoms with Crippen LogP contribution in [0.1, 0.15) is 39.7 Å². The lowest BCUT2D eigenvalue weighted by Gasteiger charge is -2.45. The van der Waals surface area contributed by atoms with E-state index < -0.39 is 58.4 Å². The topological polar surface area (TPSA) is 97.4 Å². The molecule has 1 saturated heterocycles. The minimum Gasteiger partial charge on any atom is -0.371 e. The van der Waals surface area contributed by atoms with Crippen LogP contribution in [0.25, 0.3) is 0 Å². The first-order valence-corrected chi connectivity index (χ1v) is 16.0. The minimum atomic E-state index is -5.14. The van der Waals surface area contributed by atoms with E-state index in [1.54, 1.807) is 19.9 Å². The van der Waals surface area contributed by atoms with Gasteiger partial charge >= 0.3 is 13.3 Å². The average molecular weight is 589 g/mol. The molecular weight excluding hydrogens is 553 g/mol. The van der Waals surface area contributed by atoms with Gasteiger partial charge in [0, 0.05) is 0 Å². The molecule has 216 valence electrons. The highest BCUT2D eigenvalue weighted by atomic mass is 32.2. The molecule has 5 atom stereocenters. The zero-order valence-corrected chi connectivity index (χ0v) is 24.1. The molecule has 39 heavy (non-hydrogen) atoms. The lowest BCUT2D eigenvalue weighted by Crippen LogP contribution is -2.59. The van der Waals surface area contributed by atoms with Crippen molar-refractivity contribution in [1.29, 1.82) is 0 Å². The van der Waals surface area contributed by atoms with Gasteiger partial charge in [-0.05, 0) is 51.8 Å². The van der Waals surface area contributed by atoms with Crippen LogP contribution in [0.15, 0.2) is 65.6 Å². The molecule has 0 bridgehead atoms. The summed E-state index contributed by atoms with van der Waals surface area (Å²) in [4.78, 5) is -0.142. The van der Waals surface area contributed by atoms with E-state index in [9.17, 15) is 13.0 Å². The molecule has 8 nitrogen and oxygen atoms in total. The summed E-state index contributed by atoms with van der Waals surface area (Å²) in [6.07, 6.45) is -3.80. The molecule has 2 aromatic carbocycles. The second-order valence-corrected chi connectivity index (χ2v) is 14.3. The first-order valence-electron chi connectivity index (χ1n) is 12.9. The molecule has 2 aliphatic rings. The third-order valence-corrected chi connectivity index (χ3v) is 11.3. The Morgan fingerprint density at radius 2 is 1.49 bits per heavy atom. The molecule has 0 spiro atoms. The SMILES string of the molecule is CCOP(=O)(OCC)C(F)(F)[C@@H]1[C@H]2OC(C)(C)O[C@H]2[C@@H](OCc2ccccc2)C[C@H]1S(=O)(=O)c1ccccc1. The fraction of sp³-hybridized carbons (Fsp3) is 0.556. The van der Waals surface area contributed by atoms with Gasteiger partial charge in [-0.1, -0.05) is 48.5 Å². The summed E-state index contributed by atoms with van der Waals surface area (Å²) in [7, 11) is -9.54. The van der Waals surface area contributed by atoms with Crippen molar-refractivity contribution in [3.05, 3.63) is 66.2 Å². The molecule has 0 aromatic heterocycles. The highest BCUT2D eigenvalue weighted by Gasteiger charge is 2.71. The Morgan fingerprint density at radius 1 is 0.949 bits per heavy atom. The van der Waals surface area contributed by atoms with Crippen LogP contribution in [0.3, 0.4) is 0 Å². The van der Waals surface area contributed by atoms with Crippen molar-refractivity contribution >= 4 is 17.4 Å². The van der Waals surface area contributed by atoms with Crippen molar-refractivity contribution in [2.75, 3.05) is 13.2 Å². The van der Waals surface area contributed by atoms with Crippen LogP contribution in [0.2, 0.25) is 0 Å². The van der Waals surface area contributed by atoms with E-state index in [1.807, 2.05) is 30.3 Å². The second kappa shape index (κ2) is 11.6. The van der Waals surface area contributed by atoms with Gasteiger partial charge in [0.2, 0.25) is 0 Å². The van der Waals surface area contributed by atoms with Crippen LogP contribution in [0.4, 0.5) is 8.78 Å². The molecule has 2 fully saturated rings. The number of sulfone groups is 1. The number of hydrogen-bond acceptors (Lipinski definition) is 8. The Hall–Kier alpha value is -1.72. The van der Waals surface area contributed by atoms with Crippen molar-refractivity contribution in [2.24, 2.45) is 5.92 Å². The second-order valence-electron chi connectivity index (χ2n) is 9.98. The van der Waals surface area contributed by atoms with Gasteiger partial charge in [-0.3, -0.25) is 4.57 Å². The van der Waals surface area contributed by atoms with E-state index in [1.165, 1.54) is 38.1 Å². The molecule has 4 rings (SSSR count). The van der Waals surface area contributed by atoms with Crippen molar-refractivity contribution < 1.29 is 45.0 Å². The van der Waals surface area contributed by atoms with Crippen molar-refractivity contribution in [3.63, 3.8) is 0 Å². The Morgan fingerprint density at radius 3 is 2.05 bits per heavy atom. The Balaban J connectivity index is 1.83. The van der Waals surface area contributed by atoms with E-state index >= 15 is 8.78 Å². The van der Waals surface area contributed by atoms with Gasteiger partial charge in [0.15, 0.2) is 15.6 Å². The molecule has 0 N–H and O–H groups in total. The van der Waals surface area contributed by atoms with E-state index in [0.717, 1.165) is 5.56 Å². The number of benzene rings is 2. The molecular formula is C27H35F2O8PS. The molecule has 12 heteroatoms. The predicted molar refractivity (Wildman–Crippen MR) is 140 cm³/mol. The molecule has 1 heterocycles. The van der Waals surface area contributed by atoms with Crippen molar-refractivity contribution in [3.8, 4) is 0 Å². The Labute approximate surface area is 228 Å². The standard InChI is InChI=1S/C27H35F2O8PS/c1-5-34-38(30,35-6-2)27(28,29)23-22(39(31,32)20-15-11-8-12-16-20)17-21(24-25(23)37-26(3,4)36-24)33-18-19-13-9-7-10-14-19/h7-16,21-25H,5-6,17-18H2,1-4H3/t21-,22+,23-,24-,25+/m0/s1. The normalized spacial score (nSPS) is 27.3. The molecule has 1 saturated carbocycles. The zero-order chi connectivity index (χ0) is 28.5. The summed E-state index contributed by atoms with van der Waals surface area (Å²) in [6.45, 7) is 5.39. The highest BCUT2D eigenvalue weighted by Crippen LogP contribution is 2.68. The van der Waals surface area contributed by atoms with Crippen LogP contribution in [-0.2, 0) is 44.3 Å². The summed E-state index contributed by atoms with van der Waals surface area (Å²) in [5.74, 6) is -3.44. The number of rotatable bonds is 11. The first-order chi connectivity index (χ1) is 18.4. The van der Waals surface area contributed by atoms with Gasteiger partial charge < -0.3 is 23.3 Å². The quantitative estimate of drug-likeness (QED) is 0.303. The molecule has 1 aliphatic carbocycles. The van der Waals surface area contributed by atoms with E-state index in [-0.39, 0.29) is 31.1 Å². The molecule has 0 unspecified atom stereocenters. The maximum atomic E-state index is 16.5. The third-order valence-electron chi connectivity index (χ3n) is 6.89. The van der Waals surface area contributed by atoms with Crippen LogP contribution < -0.4 is 0 Å². The maximum Gasteiger partial charge on any atom is 0.400 e. The third kappa shape index (κ3) is 6.00. The van der Waals surface area contributed by atoms with Gasteiger partial charge in [-0.15, -0.1) is 0 Å². The highest BCUT2D eigenvalue weighted by molar-refractivity contribution is 7.92. The maximum absolute atomic E-state index is 16.5. The number of alkyl halides is 2. The number of halogens is 2. The Bertz CT molecular complexity index is 1250. The van der Waals surface area contributed by atoms with Crippen molar-refractivity contribution in [2.45, 2.75) is 80.6 Å². The van der Waals surface area contributed by atoms with Crippen LogP contribution >= 0.6 is 7.60 Å². The fourth-order valence-electron chi connectivity index (χ4n) is 5.30. The van der Waals surface area contributed by atoms with Crippen molar-refractivity contribution in [1.82, 2.24) is 0 Å². The lowest BCUT2D eigenvalue weighted by molar-refractivity contribution is -0.161. The fourth-order valence-corrected chi connectivity index (χ4v) is 9.23. The largest absolute Gasteiger partial charge is 0.400 e. The molecule has 1 aliphatic heterocycles. The monoisotopic (exact) mass is 588 g/mol. The van der Waals surface area contributed by atoms with Gasteiger partial charge in [-0.2, -0.15) is 8.78 Å². The summed E-state index contributed by atoms with van der Waals surface area (Å²) >= 11 is 0. The smallest absolute Gasteiger partial charge is 0.371 e. The average Bonchev–Trinajstić information content (AvgIpc) is 3.22. The molecule has 2 aromatic rings. The lowest BCUT2D eigenvalue weighted by atomic mass is 9.82. The van der Waals surface area contributed by atoms with Crippen LogP contribution in [0.5, 0.6) is 0 Å². The van der Waals surface area contributed by atoms with E-state index in [4.69, 9.17) is 23.3 Å². The number of fused-ring (bicyclic) bond motifs is 1. The zero-order valence-electron chi connectivity index (χ0n) is 22.4. The summed E-state index contributed by atoms with van der Waals surface area (Å²) in [5, 5.41) is -1.75. The first kappa shape index (κ1) is 30.2. The summed E-state index contributed by atoms with van der Waals surface area (Å²) < 4.78 is 103. The summed E-state index contributed by atoms with van der Waals surface area (Å²) in [5.41, 5.74) is -3.41. The van der Waals surface area contributed by atoms with Gasteiger partial charge in [0.05, 0.1) is 42.0 Å². The van der Waals surface area contributed by atoms with Gasteiger partial charge in [0.1, 0.15) is 12.2 Å². The van der Waals surface area contributed by atoms with E-state index in [0.29, 0.717) is 0 Å². The Kier molecular flexibility index (Phi) is 9.03. The van der Waals surface area contributed by atoms with Gasteiger partial charge in [0.25, 0.3) is 0 Å². The van der Waals surface area contributed by atoms with Crippen LogP contribution in [-0.4, -0.2) is 56.6 Å². The minimum absolute atomic E-state index is 0.105. The van der Waals surface area contributed by atoms with Crippen LogP contribution in [0, 0.1) is 5.92 Å². The molecule has 0 amide bonds. The number of hydrogen-bond donors (Lipinski definition) is 0.